The van der Waals surface area contributed by atoms with E-state index in [1.54, 1.807) is 0 Å². The Morgan fingerprint density at radius 1 is 1.21 bits per heavy atom. The first-order valence-corrected chi connectivity index (χ1v) is 7.46. The molecule has 0 amide bonds. The lowest BCUT2D eigenvalue weighted by Crippen LogP contribution is -2.67. The SMILES string of the molecule is CCC(C)N1CC(C)(C)NCC1(C)c1ccccc1. The Morgan fingerprint density at radius 3 is 2.42 bits per heavy atom. The van der Waals surface area contributed by atoms with Crippen LogP contribution in [0.5, 0.6) is 0 Å². The minimum Gasteiger partial charge on any atom is -0.308 e. The van der Waals surface area contributed by atoms with Crippen molar-refractivity contribution < 1.29 is 0 Å². The molecule has 1 aromatic rings. The molecule has 2 atom stereocenters. The largest absolute Gasteiger partial charge is 0.308 e. The summed E-state index contributed by atoms with van der Waals surface area (Å²) in [6.45, 7) is 13.7. The molecule has 1 N–H and O–H groups in total. The van der Waals surface area contributed by atoms with Crippen molar-refractivity contribution in [2.24, 2.45) is 0 Å². The molecule has 0 bridgehead atoms. The maximum absolute atomic E-state index is 3.71. The molecule has 2 unspecified atom stereocenters. The van der Waals surface area contributed by atoms with Crippen molar-refractivity contribution in [1.82, 2.24) is 10.2 Å². The van der Waals surface area contributed by atoms with Crippen LogP contribution in [0.25, 0.3) is 0 Å². The van der Waals surface area contributed by atoms with E-state index >= 15 is 0 Å². The fourth-order valence-corrected chi connectivity index (χ4v) is 3.10. The molecule has 19 heavy (non-hydrogen) atoms. The predicted octanol–water partition coefficient (Wildman–Crippen LogP) is 3.38. The van der Waals surface area contributed by atoms with Crippen LogP contribution in [0.15, 0.2) is 30.3 Å². The average Bonchev–Trinajstić information content (AvgIpc) is 2.42. The van der Waals surface area contributed by atoms with Crippen LogP contribution in [-0.4, -0.2) is 29.6 Å². The molecule has 0 aliphatic carbocycles. The quantitative estimate of drug-likeness (QED) is 0.896. The first-order chi connectivity index (χ1) is 8.89. The van der Waals surface area contributed by atoms with Gasteiger partial charge < -0.3 is 5.32 Å². The monoisotopic (exact) mass is 260 g/mol. The number of nitrogens with one attached hydrogen (secondary N) is 1. The van der Waals surface area contributed by atoms with Gasteiger partial charge in [0.2, 0.25) is 0 Å². The number of hydrogen-bond donors (Lipinski definition) is 1. The van der Waals surface area contributed by atoms with E-state index in [4.69, 9.17) is 0 Å². The Kier molecular flexibility index (Phi) is 4.03. The summed E-state index contributed by atoms with van der Waals surface area (Å²) in [5.41, 5.74) is 1.70. The highest BCUT2D eigenvalue weighted by atomic mass is 15.3. The molecule has 1 heterocycles. The van der Waals surface area contributed by atoms with Crippen LogP contribution in [0.4, 0.5) is 0 Å². The van der Waals surface area contributed by atoms with Crippen LogP contribution in [0.2, 0.25) is 0 Å². The second-order valence-electron chi connectivity index (χ2n) is 6.76. The highest BCUT2D eigenvalue weighted by molar-refractivity contribution is 5.26. The Balaban J connectivity index is 2.36. The maximum Gasteiger partial charge on any atom is 0.0560 e. The van der Waals surface area contributed by atoms with Gasteiger partial charge in [-0.1, -0.05) is 37.3 Å². The number of rotatable bonds is 3. The molecule has 0 aromatic heterocycles. The second kappa shape index (κ2) is 5.26. The number of hydrogen-bond acceptors (Lipinski definition) is 2. The molecule has 1 aliphatic rings. The molecule has 2 nitrogen and oxygen atoms in total. The minimum atomic E-state index is 0.0895. The molecule has 2 heteroatoms. The third-order valence-electron chi connectivity index (χ3n) is 4.63. The lowest BCUT2D eigenvalue weighted by Gasteiger charge is -2.54. The Bertz CT molecular complexity index is 413. The predicted molar refractivity (Wildman–Crippen MR) is 82.3 cm³/mol. The normalized spacial score (nSPS) is 29.1. The van der Waals surface area contributed by atoms with Gasteiger partial charge in [-0.25, -0.2) is 0 Å². The maximum atomic E-state index is 3.71. The van der Waals surface area contributed by atoms with Gasteiger partial charge in [0, 0.05) is 24.7 Å². The summed E-state index contributed by atoms with van der Waals surface area (Å²) in [6.07, 6.45) is 1.19. The molecule has 1 aromatic carbocycles. The summed E-state index contributed by atoms with van der Waals surface area (Å²) in [5.74, 6) is 0. The molecule has 1 aliphatic heterocycles. The van der Waals surface area contributed by atoms with Gasteiger partial charge in [0.05, 0.1) is 5.54 Å². The molecule has 106 valence electrons. The summed E-state index contributed by atoms with van der Waals surface area (Å²) < 4.78 is 0. The Hall–Kier alpha value is -0.860. The zero-order valence-electron chi connectivity index (χ0n) is 13.0. The highest BCUT2D eigenvalue weighted by Gasteiger charge is 2.43. The molecule has 0 saturated carbocycles. The van der Waals surface area contributed by atoms with E-state index in [1.807, 2.05) is 0 Å². The van der Waals surface area contributed by atoms with E-state index in [-0.39, 0.29) is 11.1 Å². The molecule has 1 fully saturated rings. The molecule has 2 rings (SSSR count). The fraction of sp³-hybridized carbons (Fsp3) is 0.647. The third-order valence-corrected chi connectivity index (χ3v) is 4.63. The van der Waals surface area contributed by atoms with Crippen molar-refractivity contribution in [3.05, 3.63) is 35.9 Å². The Morgan fingerprint density at radius 2 is 1.84 bits per heavy atom. The third kappa shape index (κ3) is 2.85. The highest BCUT2D eigenvalue weighted by Crippen LogP contribution is 2.35. The molecule has 1 saturated heterocycles. The summed E-state index contributed by atoms with van der Waals surface area (Å²) in [5, 5.41) is 3.71. The van der Waals surface area contributed by atoms with E-state index in [1.165, 1.54) is 12.0 Å². The lowest BCUT2D eigenvalue weighted by molar-refractivity contribution is -0.00721. The Labute approximate surface area is 118 Å². The van der Waals surface area contributed by atoms with Gasteiger partial charge in [0.25, 0.3) is 0 Å². The smallest absolute Gasteiger partial charge is 0.0560 e. The molecular formula is C17H28N2. The van der Waals surface area contributed by atoms with Crippen molar-refractivity contribution in [3.8, 4) is 0 Å². The van der Waals surface area contributed by atoms with Gasteiger partial charge in [-0.2, -0.15) is 0 Å². The summed E-state index contributed by atoms with van der Waals surface area (Å²) >= 11 is 0. The van der Waals surface area contributed by atoms with Gasteiger partial charge >= 0.3 is 0 Å². The number of piperazine rings is 1. The second-order valence-corrected chi connectivity index (χ2v) is 6.76. The van der Waals surface area contributed by atoms with Crippen LogP contribution in [0.3, 0.4) is 0 Å². The topological polar surface area (TPSA) is 15.3 Å². The van der Waals surface area contributed by atoms with Gasteiger partial charge in [-0.05, 0) is 39.7 Å². The molecule has 0 spiro atoms. The van der Waals surface area contributed by atoms with Gasteiger partial charge in [0.15, 0.2) is 0 Å². The number of benzene rings is 1. The average molecular weight is 260 g/mol. The van der Waals surface area contributed by atoms with Gasteiger partial charge in [0.1, 0.15) is 0 Å². The zero-order valence-corrected chi connectivity index (χ0v) is 13.0. The van der Waals surface area contributed by atoms with Crippen molar-refractivity contribution in [2.75, 3.05) is 13.1 Å². The van der Waals surface area contributed by atoms with Gasteiger partial charge in [-0.3, -0.25) is 4.90 Å². The van der Waals surface area contributed by atoms with Crippen LogP contribution < -0.4 is 5.32 Å². The van der Waals surface area contributed by atoms with Gasteiger partial charge in [-0.15, -0.1) is 0 Å². The molecule has 0 radical (unpaired) electrons. The minimum absolute atomic E-state index is 0.0895. The van der Waals surface area contributed by atoms with Crippen LogP contribution in [0.1, 0.15) is 46.6 Å². The summed E-state index contributed by atoms with van der Waals surface area (Å²) in [6, 6.07) is 11.5. The summed E-state index contributed by atoms with van der Waals surface area (Å²) in [4.78, 5) is 2.68. The zero-order chi connectivity index (χ0) is 14.1. The van der Waals surface area contributed by atoms with Crippen molar-refractivity contribution in [2.45, 2.75) is 58.2 Å². The van der Waals surface area contributed by atoms with Crippen molar-refractivity contribution in [1.29, 1.82) is 0 Å². The lowest BCUT2D eigenvalue weighted by atomic mass is 9.83. The van der Waals surface area contributed by atoms with E-state index in [2.05, 4.69) is 75.2 Å². The van der Waals surface area contributed by atoms with E-state index < -0.39 is 0 Å². The standard InChI is InChI=1S/C17H28N2/c1-6-14(2)19-13-16(3,4)18-12-17(19,5)15-10-8-7-9-11-15/h7-11,14,18H,6,12-13H2,1-5H3. The first kappa shape index (κ1) is 14.5. The van der Waals surface area contributed by atoms with Crippen LogP contribution >= 0.6 is 0 Å². The fourth-order valence-electron chi connectivity index (χ4n) is 3.10. The van der Waals surface area contributed by atoms with Crippen LogP contribution in [-0.2, 0) is 5.54 Å². The van der Waals surface area contributed by atoms with E-state index in [0.29, 0.717) is 6.04 Å². The van der Waals surface area contributed by atoms with Crippen LogP contribution in [0, 0.1) is 0 Å². The first-order valence-electron chi connectivity index (χ1n) is 7.46. The number of nitrogens with zero attached hydrogens (tertiary/aromatic N) is 1. The van der Waals surface area contributed by atoms with E-state index in [0.717, 1.165) is 13.1 Å². The summed E-state index contributed by atoms with van der Waals surface area (Å²) in [7, 11) is 0. The van der Waals surface area contributed by atoms with E-state index in [9.17, 15) is 0 Å². The molecular weight excluding hydrogens is 232 g/mol. The van der Waals surface area contributed by atoms with Crippen molar-refractivity contribution in [3.63, 3.8) is 0 Å². The van der Waals surface area contributed by atoms with Crippen molar-refractivity contribution >= 4 is 0 Å².